The predicted molar refractivity (Wildman–Crippen MR) is 69.1 cm³/mol. The van der Waals surface area contributed by atoms with Gasteiger partial charge in [-0.15, -0.1) is 11.8 Å². The average molecular weight is 284 g/mol. The van der Waals surface area contributed by atoms with Gasteiger partial charge in [-0.2, -0.15) is 5.26 Å². The number of hydrogen-bond acceptors (Lipinski definition) is 2. The summed E-state index contributed by atoms with van der Waals surface area (Å²) in [5, 5.41) is 8.82. The van der Waals surface area contributed by atoms with Crippen LogP contribution in [0, 0.1) is 11.3 Å². The van der Waals surface area contributed by atoms with Gasteiger partial charge in [-0.25, -0.2) is 0 Å². The molecular formula is C12H14BrNS. The van der Waals surface area contributed by atoms with Gasteiger partial charge in [0.1, 0.15) is 0 Å². The first kappa shape index (κ1) is 12.6. The van der Waals surface area contributed by atoms with Gasteiger partial charge in [0.15, 0.2) is 0 Å². The average Bonchev–Trinajstić information content (AvgIpc) is 2.23. The van der Waals surface area contributed by atoms with E-state index < -0.39 is 0 Å². The lowest BCUT2D eigenvalue weighted by molar-refractivity contribution is 0.778. The zero-order chi connectivity index (χ0) is 11.1. The van der Waals surface area contributed by atoms with Gasteiger partial charge in [-0.1, -0.05) is 35.7 Å². The SMILES string of the molecule is CCCCCSc1cc(Br)cc(C#N)c1. The molecule has 1 aromatic carbocycles. The van der Waals surface area contributed by atoms with Gasteiger partial charge in [0.25, 0.3) is 0 Å². The van der Waals surface area contributed by atoms with Crippen molar-refractivity contribution in [2.45, 2.75) is 31.1 Å². The Balaban J connectivity index is 2.54. The summed E-state index contributed by atoms with van der Waals surface area (Å²) < 4.78 is 0.986. The van der Waals surface area contributed by atoms with Gasteiger partial charge >= 0.3 is 0 Å². The summed E-state index contributed by atoms with van der Waals surface area (Å²) >= 11 is 5.23. The molecule has 0 amide bonds. The van der Waals surface area contributed by atoms with Crippen LogP contribution in [0.3, 0.4) is 0 Å². The Morgan fingerprint density at radius 3 is 2.80 bits per heavy atom. The quantitative estimate of drug-likeness (QED) is 0.582. The predicted octanol–water partition coefficient (Wildman–Crippen LogP) is 4.60. The van der Waals surface area contributed by atoms with Gasteiger partial charge in [-0.3, -0.25) is 0 Å². The Labute approximate surface area is 104 Å². The van der Waals surface area contributed by atoms with Crippen LogP contribution in [-0.4, -0.2) is 5.75 Å². The molecule has 1 aromatic rings. The molecule has 0 N–H and O–H groups in total. The van der Waals surface area contributed by atoms with E-state index in [0.29, 0.717) is 0 Å². The van der Waals surface area contributed by atoms with E-state index in [0.717, 1.165) is 15.8 Å². The minimum atomic E-state index is 0.724. The van der Waals surface area contributed by atoms with Crippen LogP contribution < -0.4 is 0 Å². The second-order valence-electron chi connectivity index (χ2n) is 3.34. The van der Waals surface area contributed by atoms with E-state index in [9.17, 15) is 0 Å². The highest BCUT2D eigenvalue weighted by Gasteiger charge is 1.99. The molecule has 3 heteroatoms. The fourth-order valence-electron chi connectivity index (χ4n) is 1.25. The largest absolute Gasteiger partial charge is 0.192 e. The minimum absolute atomic E-state index is 0.724. The number of unbranched alkanes of at least 4 members (excludes halogenated alkanes) is 2. The van der Waals surface area contributed by atoms with Gasteiger partial charge in [0.05, 0.1) is 11.6 Å². The minimum Gasteiger partial charge on any atom is -0.192 e. The van der Waals surface area contributed by atoms with E-state index in [1.54, 1.807) is 0 Å². The molecule has 0 bridgehead atoms. The van der Waals surface area contributed by atoms with Crippen molar-refractivity contribution < 1.29 is 0 Å². The Morgan fingerprint density at radius 2 is 2.13 bits per heavy atom. The molecular weight excluding hydrogens is 270 g/mol. The Morgan fingerprint density at radius 1 is 1.33 bits per heavy atom. The topological polar surface area (TPSA) is 23.8 Å². The highest BCUT2D eigenvalue weighted by atomic mass is 79.9. The van der Waals surface area contributed by atoms with Crippen LogP contribution in [0.2, 0.25) is 0 Å². The second kappa shape index (κ2) is 6.92. The molecule has 0 aliphatic rings. The van der Waals surface area contributed by atoms with E-state index >= 15 is 0 Å². The summed E-state index contributed by atoms with van der Waals surface area (Å²) in [5.41, 5.74) is 0.724. The highest BCUT2D eigenvalue weighted by molar-refractivity contribution is 9.10. The van der Waals surface area contributed by atoms with E-state index in [4.69, 9.17) is 5.26 Å². The first-order valence-corrected chi connectivity index (χ1v) is 6.87. The summed E-state index contributed by atoms with van der Waals surface area (Å²) in [6.45, 7) is 2.21. The van der Waals surface area contributed by atoms with Crippen LogP contribution in [0.15, 0.2) is 27.6 Å². The Kier molecular flexibility index (Phi) is 5.82. The number of nitrogens with zero attached hydrogens (tertiary/aromatic N) is 1. The van der Waals surface area contributed by atoms with Crippen molar-refractivity contribution in [3.63, 3.8) is 0 Å². The summed E-state index contributed by atoms with van der Waals surface area (Å²) in [7, 11) is 0. The maximum absolute atomic E-state index is 8.82. The molecule has 0 radical (unpaired) electrons. The monoisotopic (exact) mass is 283 g/mol. The molecule has 80 valence electrons. The molecule has 0 spiro atoms. The van der Waals surface area contributed by atoms with Crippen LogP contribution in [0.4, 0.5) is 0 Å². The van der Waals surface area contributed by atoms with Crippen LogP contribution in [0.5, 0.6) is 0 Å². The summed E-state index contributed by atoms with van der Waals surface area (Å²) in [6, 6.07) is 8.02. The normalized spacial score (nSPS) is 9.93. The number of halogens is 1. The van der Waals surface area contributed by atoms with E-state index in [2.05, 4.69) is 35.0 Å². The third-order valence-electron chi connectivity index (χ3n) is 2.02. The zero-order valence-corrected chi connectivity index (χ0v) is 11.2. The lowest BCUT2D eigenvalue weighted by Gasteiger charge is -2.02. The molecule has 0 unspecified atom stereocenters. The Hall–Kier alpha value is -0.460. The summed E-state index contributed by atoms with van der Waals surface area (Å²) in [6.07, 6.45) is 3.78. The lowest BCUT2D eigenvalue weighted by atomic mass is 10.2. The fourth-order valence-corrected chi connectivity index (χ4v) is 2.90. The third-order valence-corrected chi connectivity index (χ3v) is 3.54. The molecule has 0 aliphatic carbocycles. The first-order chi connectivity index (χ1) is 7.26. The van der Waals surface area contributed by atoms with Crippen LogP contribution in [0.25, 0.3) is 0 Å². The van der Waals surface area contributed by atoms with Gasteiger partial charge in [-0.05, 0) is 30.4 Å². The van der Waals surface area contributed by atoms with Crippen molar-refractivity contribution in [3.05, 3.63) is 28.2 Å². The van der Waals surface area contributed by atoms with Gasteiger partial charge < -0.3 is 0 Å². The number of hydrogen-bond donors (Lipinski definition) is 0. The molecule has 1 rings (SSSR count). The second-order valence-corrected chi connectivity index (χ2v) is 5.43. The van der Waals surface area contributed by atoms with Crippen LogP contribution in [0.1, 0.15) is 31.7 Å². The van der Waals surface area contributed by atoms with E-state index in [1.165, 1.54) is 24.2 Å². The smallest absolute Gasteiger partial charge is 0.0992 e. The fraction of sp³-hybridized carbons (Fsp3) is 0.417. The van der Waals surface area contributed by atoms with E-state index in [1.807, 2.05) is 23.9 Å². The molecule has 0 saturated carbocycles. The molecule has 0 saturated heterocycles. The molecule has 1 nitrogen and oxygen atoms in total. The Bertz CT molecular complexity index is 357. The zero-order valence-electron chi connectivity index (χ0n) is 8.79. The maximum atomic E-state index is 8.82. The molecule has 0 aromatic heterocycles. The molecule has 15 heavy (non-hydrogen) atoms. The van der Waals surface area contributed by atoms with Crippen molar-refractivity contribution in [2.75, 3.05) is 5.75 Å². The highest BCUT2D eigenvalue weighted by Crippen LogP contribution is 2.25. The molecule has 0 fully saturated rings. The first-order valence-electron chi connectivity index (χ1n) is 5.09. The standard InChI is InChI=1S/C12H14BrNS/c1-2-3-4-5-15-12-7-10(9-14)6-11(13)8-12/h6-8H,2-5H2,1H3. The number of rotatable bonds is 5. The van der Waals surface area contributed by atoms with Crippen molar-refractivity contribution in [2.24, 2.45) is 0 Å². The number of benzene rings is 1. The van der Waals surface area contributed by atoms with Crippen molar-refractivity contribution in [3.8, 4) is 6.07 Å². The summed E-state index contributed by atoms with van der Waals surface area (Å²) in [4.78, 5) is 1.18. The van der Waals surface area contributed by atoms with Crippen LogP contribution in [-0.2, 0) is 0 Å². The van der Waals surface area contributed by atoms with Gasteiger partial charge in [0, 0.05) is 9.37 Å². The summed E-state index contributed by atoms with van der Waals surface area (Å²) in [5.74, 6) is 1.13. The van der Waals surface area contributed by atoms with Crippen molar-refractivity contribution in [1.29, 1.82) is 5.26 Å². The van der Waals surface area contributed by atoms with Crippen molar-refractivity contribution in [1.82, 2.24) is 0 Å². The number of thioether (sulfide) groups is 1. The third kappa shape index (κ3) is 4.72. The van der Waals surface area contributed by atoms with Crippen molar-refractivity contribution >= 4 is 27.7 Å². The number of nitriles is 1. The van der Waals surface area contributed by atoms with Gasteiger partial charge in [0.2, 0.25) is 0 Å². The maximum Gasteiger partial charge on any atom is 0.0992 e. The molecule has 0 aliphatic heterocycles. The lowest BCUT2D eigenvalue weighted by Crippen LogP contribution is -1.82. The molecule has 0 atom stereocenters. The molecule has 0 heterocycles. The van der Waals surface area contributed by atoms with Crippen LogP contribution >= 0.6 is 27.7 Å². The van der Waals surface area contributed by atoms with E-state index in [-0.39, 0.29) is 0 Å².